The molecule has 0 aliphatic carbocycles. The molecule has 3 rings (SSSR count). The van der Waals surface area contributed by atoms with E-state index in [4.69, 9.17) is 11.6 Å². The third-order valence-electron chi connectivity index (χ3n) is 2.95. The fourth-order valence-corrected chi connectivity index (χ4v) is 2.03. The average molecular weight is 291 g/mol. The number of benzene rings is 2. The highest BCUT2D eigenvalue weighted by Gasteiger charge is 2.09. The van der Waals surface area contributed by atoms with Crippen LogP contribution >= 0.6 is 11.6 Å². The van der Waals surface area contributed by atoms with Crippen molar-refractivity contribution >= 4 is 11.6 Å². The smallest absolute Gasteiger partial charge is 0.159 e. The molecule has 0 unspecified atom stereocenters. The van der Waals surface area contributed by atoms with Gasteiger partial charge in [-0.05, 0) is 42.0 Å². The molecule has 3 aromatic rings. The zero-order chi connectivity index (χ0) is 14.1. The zero-order valence-corrected chi connectivity index (χ0v) is 11.0. The summed E-state index contributed by atoms with van der Waals surface area (Å²) in [5, 5.41) is 7.62. The molecule has 1 N–H and O–H groups in total. The Hall–Kier alpha value is -2.20. The fourth-order valence-electron chi connectivity index (χ4n) is 1.90. The molecular formula is C15H9ClF2N2. The summed E-state index contributed by atoms with van der Waals surface area (Å²) in [6, 6.07) is 12.7. The van der Waals surface area contributed by atoms with Gasteiger partial charge in [-0.15, -0.1) is 0 Å². The Kier molecular flexibility index (Phi) is 3.24. The standard InChI is InChI=1S/C15H9ClF2N2/c16-11-4-1-9(2-5-11)14-8-15(20-19-14)10-3-6-12(17)13(18)7-10/h1-8H,(H,19,20). The summed E-state index contributed by atoms with van der Waals surface area (Å²) in [4.78, 5) is 0. The Labute approximate surface area is 119 Å². The Bertz CT molecular complexity index is 751. The molecule has 1 aromatic heterocycles. The van der Waals surface area contributed by atoms with Crippen molar-refractivity contribution in [2.75, 3.05) is 0 Å². The van der Waals surface area contributed by atoms with E-state index in [0.717, 1.165) is 23.4 Å². The number of halogens is 3. The predicted octanol–water partition coefficient (Wildman–Crippen LogP) is 4.68. The lowest BCUT2D eigenvalue weighted by molar-refractivity contribution is 0.509. The van der Waals surface area contributed by atoms with Crippen LogP contribution in [0.3, 0.4) is 0 Å². The summed E-state index contributed by atoms with van der Waals surface area (Å²) >= 11 is 5.83. The average Bonchev–Trinajstić information content (AvgIpc) is 2.92. The lowest BCUT2D eigenvalue weighted by Gasteiger charge is -1.97. The molecule has 1 heterocycles. The molecule has 0 amide bonds. The van der Waals surface area contributed by atoms with Crippen molar-refractivity contribution < 1.29 is 8.78 Å². The van der Waals surface area contributed by atoms with Crippen molar-refractivity contribution in [3.05, 3.63) is 65.2 Å². The molecule has 0 fully saturated rings. The van der Waals surface area contributed by atoms with Gasteiger partial charge < -0.3 is 0 Å². The Morgan fingerprint density at radius 3 is 2.25 bits per heavy atom. The van der Waals surface area contributed by atoms with Crippen molar-refractivity contribution in [3.8, 4) is 22.5 Å². The summed E-state index contributed by atoms with van der Waals surface area (Å²) < 4.78 is 26.1. The number of nitrogens with zero attached hydrogens (tertiary/aromatic N) is 1. The van der Waals surface area contributed by atoms with E-state index in [9.17, 15) is 8.78 Å². The zero-order valence-electron chi connectivity index (χ0n) is 10.2. The van der Waals surface area contributed by atoms with Gasteiger partial charge in [-0.3, -0.25) is 5.10 Å². The van der Waals surface area contributed by atoms with Gasteiger partial charge in [0, 0.05) is 10.6 Å². The normalized spacial score (nSPS) is 10.8. The number of rotatable bonds is 2. The first-order valence-electron chi connectivity index (χ1n) is 5.90. The van der Waals surface area contributed by atoms with Crippen LogP contribution in [0.5, 0.6) is 0 Å². The second-order valence-corrected chi connectivity index (χ2v) is 4.74. The summed E-state index contributed by atoms with van der Waals surface area (Å²) in [5.41, 5.74) is 2.76. The van der Waals surface area contributed by atoms with Gasteiger partial charge in [-0.1, -0.05) is 23.7 Å². The van der Waals surface area contributed by atoms with Gasteiger partial charge in [0.2, 0.25) is 0 Å². The molecule has 2 aromatic carbocycles. The topological polar surface area (TPSA) is 28.7 Å². The summed E-state index contributed by atoms with van der Waals surface area (Å²) in [6.45, 7) is 0. The summed E-state index contributed by atoms with van der Waals surface area (Å²) in [5.74, 6) is -1.76. The van der Waals surface area contributed by atoms with Gasteiger partial charge in [0.05, 0.1) is 11.4 Å². The van der Waals surface area contributed by atoms with Gasteiger partial charge in [0.25, 0.3) is 0 Å². The third kappa shape index (κ3) is 2.42. The molecular weight excluding hydrogens is 282 g/mol. The molecule has 0 saturated heterocycles. The summed E-state index contributed by atoms with van der Waals surface area (Å²) in [6.07, 6.45) is 0. The lowest BCUT2D eigenvalue weighted by atomic mass is 10.1. The molecule has 0 aliphatic heterocycles. The van der Waals surface area contributed by atoms with Gasteiger partial charge in [-0.2, -0.15) is 5.10 Å². The quantitative estimate of drug-likeness (QED) is 0.729. The summed E-state index contributed by atoms with van der Waals surface area (Å²) in [7, 11) is 0. The monoisotopic (exact) mass is 290 g/mol. The minimum absolute atomic E-state index is 0.514. The maximum Gasteiger partial charge on any atom is 0.159 e. The number of aromatic amines is 1. The minimum atomic E-state index is -0.890. The van der Waals surface area contributed by atoms with E-state index >= 15 is 0 Å². The van der Waals surface area contributed by atoms with Gasteiger partial charge in [-0.25, -0.2) is 8.78 Å². The molecule has 0 radical (unpaired) electrons. The first kappa shape index (κ1) is 12.8. The second-order valence-electron chi connectivity index (χ2n) is 4.30. The third-order valence-corrected chi connectivity index (χ3v) is 3.20. The van der Waals surface area contributed by atoms with Crippen LogP contribution in [0.15, 0.2) is 48.5 Å². The van der Waals surface area contributed by atoms with Crippen LogP contribution in [0.25, 0.3) is 22.5 Å². The fraction of sp³-hybridized carbons (Fsp3) is 0. The molecule has 100 valence electrons. The maximum atomic E-state index is 13.2. The number of hydrogen-bond acceptors (Lipinski definition) is 1. The molecule has 0 atom stereocenters. The Morgan fingerprint density at radius 2 is 1.55 bits per heavy atom. The van der Waals surface area contributed by atoms with Gasteiger partial charge in [0.15, 0.2) is 11.6 Å². The van der Waals surface area contributed by atoms with Crippen LogP contribution < -0.4 is 0 Å². The number of aromatic nitrogens is 2. The first-order valence-corrected chi connectivity index (χ1v) is 6.28. The number of H-pyrrole nitrogens is 1. The molecule has 2 nitrogen and oxygen atoms in total. The van der Waals surface area contributed by atoms with Crippen LogP contribution in [0, 0.1) is 11.6 Å². The Balaban J connectivity index is 1.97. The van der Waals surface area contributed by atoms with Gasteiger partial charge in [0.1, 0.15) is 0 Å². The highest BCUT2D eigenvalue weighted by Crippen LogP contribution is 2.25. The van der Waals surface area contributed by atoms with E-state index in [1.165, 1.54) is 6.07 Å². The van der Waals surface area contributed by atoms with Crippen molar-refractivity contribution in [1.29, 1.82) is 0 Å². The number of hydrogen-bond donors (Lipinski definition) is 1. The largest absolute Gasteiger partial charge is 0.277 e. The van der Waals surface area contributed by atoms with Crippen LogP contribution in [-0.4, -0.2) is 10.2 Å². The van der Waals surface area contributed by atoms with Crippen LogP contribution in [-0.2, 0) is 0 Å². The van der Waals surface area contributed by atoms with E-state index in [-0.39, 0.29) is 0 Å². The molecule has 5 heteroatoms. The molecule has 0 spiro atoms. The molecule has 0 saturated carbocycles. The first-order chi connectivity index (χ1) is 9.63. The molecule has 0 bridgehead atoms. The Morgan fingerprint density at radius 1 is 0.850 bits per heavy atom. The van der Waals surface area contributed by atoms with E-state index in [2.05, 4.69) is 10.2 Å². The van der Waals surface area contributed by atoms with Crippen LogP contribution in [0.4, 0.5) is 8.78 Å². The second kappa shape index (κ2) is 5.06. The predicted molar refractivity (Wildman–Crippen MR) is 74.4 cm³/mol. The van der Waals surface area contributed by atoms with Gasteiger partial charge >= 0.3 is 0 Å². The minimum Gasteiger partial charge on any atom is -0.277 e. The van der Waals surface area contributed by atoms with E-state index in [1.807, 2.05) is 12.1 Å². The lowest BCUT2D eigenvalue weighted by Crippen LogP contribution is -1.85. The highest BCUT2D eigenvalue weighted by atomic mass is 35.5. The van der Waals surface area contributed by atoms with Crippen LogP contribution in [0.2, 0.25) is 5.02 Å². The molecule has 0 aliphatic rings. The van der Waals surface area contributed by atoms with Crippen molar-refractivity contribution in [1.82, 2.24) is 10.2 Å². The SMILES string of the molecule is Fc1ccc(-c2cc(-c3ccc(Cl)cc3)[nH]n2)cc1F. The van der Waals surface area contributed by atoms with E-state index < -0.39 is 11.6 Å². The maximum absolute atomic E-state index is 13.2. The van der Waals surface area contributed by atoms with Crippen molar-refractivity contribution in [2.45, 2.75) is 0 Å². The number of nitrogens with one attached hydrogen (secondary N) is 1. The van der Waals surface area contributed by atoms with Crippen molar-refractivity contribution in [2.24, 2.45) is 0 Å². The van der Waals surface area contributed by atoms with E-state index in [0.29, 0.717) is 16.3 Å². The molecule has 20 heavy (non-hydrogen) atoms. The van der Waals surface area contributed by atoms with Crippen LogP contribution in [0.1, 0.15) is 0 Å². The highest BCUT2D eigenvalue weighted by molar-refractivity contribution is 6.30. The van der Waals surface area contributed by atoms with Crippen molar-refractivity contribution in [3.63, 3.8) is 0 Å². The van der Waals surface area contributed by atoms with E-state index in [1.54, 1.807) is 18.2 Å².